The third-order valence-electron chi connectivity index (χ3n) is 8.92. The van der Waals surface area contributed by atoms with Crippen molar-refractivity contribution in [2.45, 2.75) is 83.8 Å². The number of hydrogen-bond donors (Lipinski definition) is 1. The zero-order valence-electron chi connectivity index (χ0n) is 18.7. The lowest BCUT2D eigenvalue weighted by Crippen LogP contribution is -2.56. The van der Waals surface area contributed by atoms with E-state index in [1.807, 2.05) is 6.92 Å². The molecule has 0 heterocycles. The first-order chi connectivity index (χ1) is 14.1. The normalized spacial score (nSPS) is 41.3. The largest absolute Gasteiger partial charge is 0.454 e. The van der Waals surface area contributed by atoms with Crippen LogP contribution in [0.5, 0.6) is 0 Å². The van der Waals surface area contributed by atoms with Gasteiger partial charge in [0, 0.05) is 25.2 Å². The molecule has 3 saturated carbocycles. The van der Waals surface area contributed by atoms with E-state index in [0.717, 1.165) is 25.7 Å². The summed E-state index contributed by atoms with van der Waals surface area (Å²) in [5.74, 6) is 1.72. The van der Waals surface area contributed by atoms with Crippen molar-refractivity contribution in [1.82, 2.24) is 0 Å². The molecule has 0 unspecified atom stereocenters. The van der Waals surface area contributed by atoms with E-state index in [1.54, 1.807) is 0 Å². The van der Waals surface area contributed by atoms with Gasteiger partial charge in [0.1, 0.15) is 11.4 Å². The van der Waals surface area contributed by atoms with Crippen molar-refractivity contribution in [2.24, 2.45) is 29.1 Å². The first-order valence-corrected chi connectivity index (χ1v) is 11.6. The number of aliphatic hydroxyl groups is 1. The molecule has 0 aromatic carbocycles. The topological polar surface area (TPSA) is 63.6 Å². The number of ketones is 1. The van der Waals surface area contributed by atoms with Crippen molar-refractivity contribution in [2.75, 3.05) is 0 Å². The van der Waals surface area contributed by atoms with E-state index in [0.29, 0.717) is 60.7 Å². The summed E-state index contributed by atoms with van der Waals surface area (Å²) in [5, 5.41) is 10.7. The van der Waals surface area contributed by atoms with Gasteiger partial charge in [0.25, 0.3) is 0 Å². The van der Waals surface area contributed by atoms with Gasteiger partial charge in [0.2, 0.25) is 0 Å². The van der Waals surface area contributed by atoms with Crippen LogP contribution in [0.3, 0.4) is 0 Å². The molecule has 0 bridgehead atoms. The van der Waals surface area contributed by atoms with Gasteiger partial charge in [-0.05, 0) is 67.8 Å². The van der Waals surface area contributed by atoms with Gasteiger partial charge in [-0.3, -0.25) is 9.59 Å². The van der Waals surface area contributed by atoms with Crippen molar-refractivity contribution >= 4 is 11.8 Å². The average Bonchev–Trinajstić information content (AvgIpc) is 2.98. The zero-order valence-corrected chi connectivity index (χ0v) is 18.7. The molecule has 0 amide bonds. The van der Waals surface area contributed by atoms with Crippen LogP contribution in [0.1, 0.15) is 72.1 Å². The van der Waals surface area contributed by atoms with E-state index in [9.17, 15) is 14.7 Å². The Hall–Kier alpha value is -1.68. The minimum Gasteiger partial charge on any atom is -0.454 e. The molecule has 4 aliphatic rings. The molecule has 7 atom stereocenters. The summed E-state index contributed by atoms with van der Waals surface area (Å²) in [7, 11) is 0. The summed E-state index contributed by atoms with van der Waals surface area (Å²) in [4.78, 5) is 24.2. The van der Waals surface area contributed by atoms with Crippen LogP contribution in [0, 0.1) is 29.1 Å². The van der Waals surface area contributed by atoms with Gasteiger partial charge in [0.05, 0.1) is 6.10 Å². The van der Waals surface area contributed by atoms with Gasteiger partial charge in [-0.2, -0.15) is 0 Å². The van der Waals surface area contributed by atoms with Gasteiger partial charge in [-0.15, -0.1) is 0 Å². The number of aliphatic hydroxyl groups excluding tert-OH is 1. The van der Waals surface area contributed by atoms with E-state index >= 15 is 0 Å². The molecule has 164 valence electrons. The highest BCUT2D eigenvalue weighted by Gasteiger charge is 2.66. The molecular formula is C26H36O4. The van der Waals surface area contributed by atoms with Crippen LogP contribution in [0.4, 0.5) is 0 Å². The Morgan fingerprint density at radius 2 is 2.13 bits per heavy atom. The molecule has 30 heavy (non-hydrogen) atoms. The second-order valence-corrected chi connectivity index (χ2v) is 10.3. The van der Waals surface area contributed by atoms with Crippen LogP contribution in [-0.2, 0) is 14.3 Å². The van der Waals surface area contributed by atoms with Crippen LogP contribution < -0.4 is 0 Å². The molecule has 4 heteroatoms. The molecule has 0 aromatic heterocycles. The summed E-state index contributed by atoms with van der Waals surface area (Å²) in [5.41, 5.74) is 2.03. The van der Waals surface area contributed by atoms with Crippen LogP contribution in [-0.4, -0.2) is 28.6 Å². The predicted octanol–water partition coefficient (Wildman–Crippen LogP) is 4.92. The smallest absolute Gasteiger partial charge is 0.303 e. The number of Topliss-reactive ketones (excluding diaryl/α,β-unsaturated/α-hetero) is 1. The Labute approximate surface area is 180 Å². The Bertz CT molecular complexity index is 823. The third-order valence-corrected chi connectivity index (χ3v) is 8.92. The van der Waals surface area contributed by atoms with E-state index in [4.69, 9.17) is 4.74 Å². The van der Waals surface area contributed by atoms with E-state index in [2.05, 4.69) is 26.2 Å². The van der Waals surface area contributed by atoms with Crippen molar-refractivity contribution in [3.8, 4) is 0 Å². The maximum absolute atomic E-state index is 12.2. The molecule has 0 saturated heterocycles. The maximum atomic E-state index is 12.2. The standard InChI is InChI=1S/C26H36O4/c1-6-23(29)16(3)26(30-17(4)27)12-11-22-21-9-7-18-13-19(28)8-10-20(18)24(21)15(2)14-25(22,26)5/h7,20-24,29H,2-3,6,8-14H2,1,4-5H3/t20-,21-,22-,23+,24+,25-,26+/m0/s1. The fourth-order valence-corrected chi connectivity index (χ4v) is 7.65. The first-order valence-electron chi connectivity index (χ1n) is 11.6. The van der Waals surface area contributed by atoms with Crippen molar-refractivity contribution < 1.29 is 19.4 Å². The fourth-order valence-electron chi connectivity index (χ4n) is 7.65. The van der Waals surface area contributed by atoms with Crippen LogP contribution in [0.15, 0.2) is 36.0 Å². The number of carbonyl (C=O) groups is 2. The third kappa shape index (κ3) is 2.97. The molecular weight excluding hydrogens is 376 g/mol. The van der Waals surface area contributed by atoms with Crippen molar-refractivity contribution in [1.29, 1.82) is 0 Å². The Morgan fingerprint density at radius 1 is 1.40 bits per heavy atom. The van der Waals surface area contributed by atoms with Gasteiger partial charge in [-0.25, -0.2) is 0 Å². The predicted molar refractivity (Wildman–Crippen MR) is 117 cm³/mol. The van der Waals surface area contributed by atoms with E-state index in [-0.39, 0.29) is 11.4 Å². The highest BCUT2D eigenvalue weighted by atomic mass is 16.6. The van der Waals surface area contributed by atoms with Crippen LogP contribution in [0.25, 0.3) is 0 Å². The minimum absolute atomic E-state index is 0.314. The van der Waals surface area contributed by atoms with Crippen molar-refractivity contribution in [3.63, 3.8) is 0 Å². The van der Waals surface area contributed by atoms with Gasteiger partial charge < -0.3 is 9.84 Å². The molecule has 3 fully saturated rings. The van der Waals surface area contributed by atoms with E-state index < -0.39 is 11.7 Å². The number of rotatable bonds is 4. The Kier molecular flexibility index (Phi) is 5.37. The summed E-state index contributed by atoms with van der Waals surface area (Å²) >= 11 is 0. The van der Waals surface area contributed by atoms with Gasteiger partial charge in [0.15, 0.2) is 0 Å². The quantitative estimate of drug-likeness (QED) is 0.526. The highest BCUT2D eigenvalue weighted by molar-refractivity contribution is 5.82. The Balaban J connectivity index is 1.74. The number of ether oxygens (including phenoxy) is 1. The van der Waals surface area contributed by atoms with Crippen LogP contribution >= 0.6 is 0 Å². The second kappa shape index (κ2) is 7.47. The SMILES string of the molecule is C=C1C[C@@]2(C)[C@@H](CC[C@@]2(OC(C)=O)C(=C)[C@H](O)CC)[C@@H]2CC=C3CC(=O)CC[C@@H]3[C@@H]12. The number of allylic oxidation sites excluding steroid dienone is 3. The summed E-state index contributed by atoms with van der Waals surface area (Å²) in [6.07, 6.45) is 7.82. The summed E-state index contributed by atoms with van der Waals surface area (Å²) in [6.45, 7) is 14.4. The molecule has 4 rings (SSSR count). The number of carbonyl (C=O) groups excluding carboxylic acids is 2. The summed E-state index contributed by atoms with van der Waals surface area (Å²) in [6, 6.07) is 0. The van der Waals surface area contributed by atoms with E-state index in [1.165, 1.54) is 18.1 Å². The molecule has 4 nitrogen and oxygen atoms in total. The van der Waals surface area contributed by atoms with Crippen molar-refractivity contribution in [3.05, 3.63) is 36.0 Å². The summed E-state index contributed by atoms with van der Waals surface area (Å²) < 4.78 is 6.11. The molecule has 0 radical (unpaired) electrons. The highest BCUT2D eigenvalue weighted by Crippen LogP contribution is 2.68. The average molecular weight is 413 g/mol. The Morgan fingerprint density at radius 3 is 2.80 bits per heavy atom. The lowest BCUT2D eigenvalue weighted by atomic mass is 9.49. The number of fused-ring (bicyclic) bond motifs is 5. The molecule has 4 aliphatic carbocycles. The lowest BCUT2D eigenvalue weighted by Gasteiger charge is -2.57. The second-order valence-electron chi connectivity index (χ2n) is 10.3. The maximum Gasteiger partial charge on any atom is 0.303 e. The molecule has 1 N–H and O–H groups in total. The van der Waals surface area contributed by atoms with Gasteiger partial charge in [-0.1, -0.05) is 44.2 Å². The first kappa shape index (κ1) is 21.5. The monoisotopic (exact) mass is 412 g/mol. The fraction of sp³-hybridized carbons (Fsp3) is 0.692. The lowest BCUT2D eigenvalue weighted by molar-refractivity contribution is -0.170. The molecule has 0 aromatic rings. The van der Waals surface area contributed by atoms with Crippen LogP contribution in [0.2, 0.25) is 0 Å². The zero-order chi connectivity index (χ0) is 21.8. The van der Waals surface area contributed by atoms with Gasteiger partial charge >= 0.3 is 5.97 Å². The molecule has 0 aliphatic heterocycles. The number of hydrogen-bond acceptors (Lipinski definition) is 4. The minimum atomic E-state index is -0.848. The number of esters is 1. The molecule has 0 spiro atoms.